The molecule has 114 valence electrons. The molecule has 2 aromatic rings. The van der Waals surface area contributed by atoms with E-state index < -0.39 is 10.0 Å². The number of anilines is 1. The highest BCUT2D eigenvalue weighted by molar-refractivity contribution is 7.92. The molecule has 7 nitrogen and oxygen atoms in total. The Balaban J connectivity index is 1.77. The van der Waals surface area contributed by atoms with Gasteiger partial charge in [0.2, 0.25) is 0 Å². The summed E-state index contributed by atoms with van der Waals surface area (Å²) in [5, 5.41) is 7.30. The van der Waals surface area contributed by atoms with Crippen molar-refractivity contribution >= 4 is 15.8 Å². The maximum Gasteiger partial charge on any atom is 0.266 e. The summed E-state index contributed by atoms with van der Waals surface area (Å²) in [4.78, 5) is 0.153. The van der Waals surface area contributed by atoms with Crippen LogP contribution in [0.1, 0.15) is 24.4 Å². The Labute approximate surface area is 123 Å². The summed E-state index contributed by atoms with van der Waals surface area (Å²) in [7, 11) is -1.96. The summed E-state index contributed by atoms with van der Waals surface area (Å²) in [5.74, 6) is 1.29. The first-order chi connectivity index (χ1) is 9.94. The van der Waals surface area contributed by atoms with Gasteiger partial charge < -0.3 is 9.73 Å². The Kier molecular flexibility index (Phi) is 3.50. The summed E-state index contributed by atoms with van der Waals surface area (Å²) < 4.78 is 34.2. The first-order valence-corrected chi connectivity index (χ1v) is 8.27. The Morgan fingerprint density at radius 1 is 1.48 bits per heavy atom. The molecule has 1 aliphatic carbocycles. The van der Waals surface area contributed by atoms with Crippen molar-refractivity contribution in [2.24, 2.45) is 7.05 Å². The predicted molar refractivity (Wildman–Crippen MR) is 77.3 cm³/mol. The number of furan rings is 1. The van der Waals surface area contributed by atoms with Crippen LogP contribution in [0.3, 0.4) is 0 Å². The molecule has 0 atom stereocenters. The van der Waals surface area contributed by atoms with Crippen molar-refractivity contribution in [2.75, 3.05) is 4.72 Å². The zero-order chi connectivity index (χ0) is 15.0. The molecule has 0 bridgehead atoms. The van der Waals surface area contributed by atoms with Crippen LogP contribution in [0.15, 0.2) is 27.6 Å². The average molecular weight is 310 g/mol. The monoisotopic (exact) mass is 310 g/mol. The molecule has 21 heavy (non-hydrogen) atoms. The van der Waals surface area contributed by atoms with Gasteiger partial charge in [-0.3, -0.25) is 9.40 Å². The minimum Gasteiger partial charge on any atom is -0.464 e. The smallest absolute Gasteiger partial charge is 0.266 e. The molecular formula is C13H18N4O3S. The van der Waals surface area contributed by atoms with E-state index in [0.717, 1.165) is 0 Å². The van der Waals surface area contributed by atoms with E-state index in [1.54, 1.807) is 32.3 Å². The number of aromatic nitrogens is 2. The molecule has 2 N–H and O–H groups in total. The third-order valence-electron chi connectivity index (χ3n) is 3.31. The lowest BCUT2D eigenvalue weighted by atomic mass is 10.4. The van der Waals surface area contributed by atoms with E-state index in [1.165, 1.54) is 17.5 Å². The number of hydrogen-bond acceptors (Lipinski definition) is 5. The lowest BCUT2D eigenvalue weighted by Gasteiger charge is -2.03. The molecule has 8 heteroatoms. The number of hydrogen-bond donors (Lipinski definition) is 2. The number of nitrogens with zero attached hydrogens (tertiary/aromatic N) is 2. The fourth-order valence-corrected chi connectivity index (χ4v) is 3.27. The van der Waals surface area contributed by atoms with E-state index in [2.05, 4.69) is 15.1 Å². The predicted octanol–water partition coefficient (Wildman–Crippen LogP) is 1.37. The SMILES string of the molecule is Cc1oc(CNC2CC2)cc1S(=O)(=O)Nc1ccn(C)n1. The molecule has 1 aliphatic rings. The van der Waals surface area contributed by atoms with Crippen LogP contribution in [0.2, 0.25) is 0 Å². The van der Waals surface area contributed by atoms with E-state index in [1.807, 2.05) is 0 Å². The van der Waals surface area contributed by atoms with Crippen LogP contribution >= 0.6 is 0 Å². The fourth-order valence-electron chi connectivity index (χ4n) is 2.07. The van der Waals surface area contributed by atoms with Gasteiger partial charge in [-0.1, -0.05) is 0 Å². The van der Waals surface area contributed by atoms with Crippen LogP contribution < -0.4 is 10.0 Å². The molecular weight excluding hydrogens is 292 g/mol. The van der Waals surface area contributed by atoms with Gasteiger partial charge >= 0.3 is 0 Å². The summed E-state index contributed by atoms with van der Waals surface area (Å²) >= 11 is 0. The van der Waals surface area contributed by atoms with Crippen LogP contribution in [0.25, 0.3) is 0 Å². The summed E-state index contributed by atoms with van der Waals surface area (Å²) in [6.07, 6.45) is 4.02. The van der Waals surface area contributed by atoms with E-state index in [0.29, 0.717) is 24.1 Å². The molecule has 1 fully saturated rings. The van der Waals surface area contributed by atoms with Gasteiger partial charge in [0.1, 0.15) is 16.4 Å². The van der Waals surface area contributed by atoms with Gasteiger partial charge in [-0.25, -0.2) is 8.42 Å². The van der Waals surface area contributed by atoms with Gasteiger partial charge in [0.15, 0.2) is 5.82 Å². The molecule has 0 saturated heterocycles. The Hall–Kier alpha value is -1.80. The summed E-state index contributed by atoms with van der Waals surface area (Å²) in [5.41, 5.74) is 0. The van der Waals surface area contributed by atoms with Crippen LogP contribution in [-0.2, 0) is 23.6 Å². The third-order valence-corrected chi connectivity index (χ3v) is 4.77. The maximum atomic E-state index is 12.4. The quantitative estimate of drug-likeness (QED) is 0.841. The van der Waals surface area contributed by atoms with Gasteiger partial charge in [-0.15, -0.1) is 0 Å². The van der Waals surface area contributed by atoms with Crippen molar-refractivity contribution in [1.82, 2.24) is 15.1 Å². The second kappa shape index (κ2) is 5.19. The molecule has 0 aromatic carbocycles. The van der Waals surface area contributed by atoms with Gasteiger partial charge in [0, 0.05) is 31.4 Å². The molecule has 0 amide bonds. The van der Waals surface area contributed by atoms with Gasteiger partial charge in [-0.05, 0) is 19.8 Å². The minimum atomic E-state index is -3.68. The van der Waals surface area contributed by atoms with Crippen molar-refractivity contribution in [3.05, 3.63) is 29.9 Å². The second-order valence-corrected chi connectivity index (χ2v) is 6.92. The third kappa shape index (κ3) is 3.27. The standard InChI is InChI=1S/C13H18N4O3S/c1-9-12(7-11(20-9)8-14-10-3-4-10)21(18,19)16-13-5-6-17(2)15-13/h5-7,10,14H,3-4,8H2,1-2H3,(H,15,16). The largest absolute Gasteiger partial charge is 0.464 e. The molecule has 1 saturated carbocycles. The summed E-state index contributed by atoms with van der Waals surface area (Å²) in [6.45, 7) is 2.19. The first-order valence-electron chi connectivity index (χ1n) is 6.79. The number of nitrogens with one attached hydrogen (secondary N) is 2. The lowest BCUT2D eigenvalue weighted by Crippen LogP contribution is -2.15. The Morgan fingerprint density at radius 2 is 2.24 bits per heavy atom. The highest BCUT2D eigenvalue weighted by Gasteiger charge is 2.24. The van der Waals surface area contributed by atoms with E-state index in [-0.39, 0.29) is 10.7 Å². The van der Waals surface area contributed by atoms with Gasteiger partial charge in [0.05, 0.1) is 6.54 Å². The highest BCUT2D eigenvalue weighted by atomic mass is 32.2. The van der Waals surface area contributed by atoms with Crippen molar-refractivity contribution in [3.8, 4) is 0 Å². The van der Waals surface area contributed by atoms with Crippen molar-refractivity contribution in [2.45, 2.75) is 37.2 Å². The average Bonchev–Trinajstić information content (AvgIpc) is 3.03. The zero-order valence-corrected chi connectivity index (χ0v) is 12.8. The van der Waals surface area contributed by atoms with Gasteiger partial charge in [0.25, 0.3) is 10.0 Å². The van der Waals surface area contributed by atoms with Crippen molar-refractivity contribution in [1.29, 1.82) is 0 Å². The molecule has 2 aromatic heterocycles. The van der Waals surface area contributed by atoms with Gasteiger partial charge in [-0.2, -0.15) is 5.10 Å². The number of sulfonamides is 1. The van der Waals surface area contributed by atoms with E-state index >= 15 is 0 Å². The minimum absolute atomic E-state index is 0.153. The van der Waals surface area contributed by atoms with Crippen LogP contribution in [-0.4, -0.2) is 24.2 Å². The molecule has 0 aliphatic heterocycles. The fraction of sp³-hybridized carbons (Fsp3) is 0.462. The molecule has 0 spiro atoms. The van der Waals surface area contributed by atoms with E-state index in [4.69, 9.17) is 4.42 Å². The van der Waals surface area contributed by atoms with Crippen molar-refractivity contribution < 1.29 is 12.8 Å². The molecule has 0 unspecified atom stereocenters. The normalized spacial score (nSPS) is 15.3. The Morgan fingerprint density at radius 3 is 2.86 bits per heavy atom. The second-order valence-electron chi connectivity index (χ2n) is 5.27. The topological polar surface area (TPSA) is 89.2 Å². The molecule has 3 rings (SSSR count). The van der Waals surface area contributed by atoms with Crippen LogP contribution in [0.4, 0.5) is 5.82 Å². The number of aryl methyl sites for hydroxylation is 2. The highest BCUT2D eigenvalue weighted by Crippen LogP contribution is 2.24. The zero-order valence-electron chi connectivity index (χ0n) is 12.0. The molecule has 2 heterocycles. The van der Waals surface area contributed by atoms with Crippen molar-refractivity contribution in [3.63, 3.8) is 0 Å². The van der Waals surface area contributed by atoms with Crippen LogP contribution in [0.5, 0.6) is 0 Å². The maximum absolute atomic E-state index is 12.4. The lowest BCUT2D eigenvalue weighted by molar-refractivity contribution is 0.456. The summed E-state index contributed by atoms with van der Waals surface area (Å²) in [6, 6.07) is 3.71. The Bertz CT molecular complexity index is 743. The number of rotatable bonds is 6. The van der Waals surface area contributed by atoms with Crippen LogP contribution in [0, 0.1) is 6.92 Å². The van der Waals surface area contributed by atoms with E-state index in [9.17, 15) is 8.42 Å². The first kappa shape index (κ1) is 14.2. The molecule has 0 radical (unpaired) electrons.